The molecule has 0 unspecified atom stereocenters. The third-order valence-electron chi connectivity index (χ3n) is 3.23. The van der Waals surface area contributed by atoms with Crippen LogP contribution in [0.4, 0.5) is 5.69 Å². The summed E-state index contributed by atoms with van der Waals surface area (Å²) in [4.78, 5) is 0. The van der Waals surface area contributed by atoms with Crippen molar-refractivity contribution in [2.24, 2.45) is 0 Å². The van der Waals surface area contributed by atoms with Crippen LogP contribution in [0.1, 0.15) is 50.7 Å². The van der Waals surface area contributed by atoms with Gasteiger partial charge in [-0.15, -0.1) is 0 Å². The molecule has 0 saturated heterocycles. The summed E-state index contributed by atoms with van der Waals surface area (Å²) in [5.41, 5.74) is 2.52. The molecule has 0 fully saturated rings. The predicted molar refractivity (Wildman–Crippen MR) is 84.1 cm³/mol. The van der Waals surface area contributed by atoms with E-state index >= 15 is 0 Å². The summed E-state index contributed by atoms with van der Waals surface area (Å²) in [6, 6.07) is 3.76. The van der Waals surface area contributed by atoms with Crippen molar-refractivity contribution in [3.8, 4) is 5.75 Å². The lowest BCUT2D eigenvalue weighted by molar-refractivity contribution is 0.407. The fraction of sp³-hybridized carbons (Fsp3) is 0.600. The van der Waals surface area contributed by atoms with E-state index in [1.807, 2.05) is 26.0 Å². The van der Waals surface area contributed by atoms with Gasteiger partial charge in [0, 0.05) is 0 Å². The average Bonchev–Trinajstić information content (AvgIpc) is 2.37. The summed E-state index contributed by atoms with van der Waals surface area (Å²) < 4.78 is 32.1. The maximum Gasteiger partial charge on any atom is 0.232 e. The molecule has 114 valence electrons. The normalized spacial score (nSPS) is 11.7. The standard InChI is InChI=1S/C15H25NO3S/c1-6-7-8-20(17,18)16-14-10-13(11(2)3)15(19-5)9-12(14)4/h9-11,16H,6-8H2,1-5H3. The Morgan fingerprint density at radius 3 is 2.45 bits per heavy atom. The number of rotatable bonds is 7. The lowest BCUT2D eigenvalue weighted by Gasteiger charge is -2.17. The summed E-state index contributed by atoms with van der Waals surface area (Å²) in [5, 5.41) is 0. The highest BCUT2D eigenvalue weighted by Gasteiger charge is 2.15. The maximum atomic E-state index is 12.0. The molecule has 4 nitrogen and oxygen atoms in total. The zero-order chi connectivity index (χ0) is 15.3. The van der Waals surface area contributed by atoms with Crippen LogP contribution in [0.5, 0.6) is 5.75 Å². The van der Waals surface area contributed by atoms with Crippen LogP contribution in [0.3, 0.4) is 0 Å². The minimum absolute atomic E-state index is 0.159. The molecule has 0 bridgehead atoms. The molecule has 0 heterocycles. The second kappa shape index (κ2) is 6.97. The van der Waals surface area contributed by atoms with Crippen LogP contribution in [0, 0.1) is 6.92 Å². The van der Waals surface area contributed by atoms with Gasteiger partial charge < -0.3 is 4.74 Å². The number of anilines is 1. The van der Waals surface area contributed by atoms with Crippen LogP contribution in [0.15, 0.2) is 12.1 Å². The molecule has 1 rings (SSSR count). The Morgan fingerprint density at radius 2 is 1.95 bits per heavy atom. The molecule has 0 radical (unpaired) electrons. The number of unbranched alkanes of at least 4 members (excludes halogenated alkanes) is 1. The van der Waals surface area contributed by atoms with Gasteiger partial charge in [-0.3, -0.25) is 4.72 Å². The Morgan fingerprint density at radius 1 is 1.30 bits per heavy atom. The van der Waals surface area contributed by atoms with Crippen molar-refractivity contribution in [1.82, 2.24) is 0 Å². The van der Waals surface area contributed by atoms with E-state index in [2.05, 4.69) is 18.6 Å². The van der Waals surface area contributed by atoms with Gasteiger partial charge in [-0.2, -0.15) is 0 Å². The molecule has 0 spiro atoms. The van der Waals surface area contributed by atoms with Crippen LogP contribution in [0.25, 0.3) is 0 Å². The van der Waals surface area contributed by atoms with Crippen molar-refractivity contribution in [2.75, 3.05) is 17.6 Å². The minimum Gasteiger partial charge on any atom is -0.496 e. The fourth-order valence-electron chi connectivity index (χ4n) is 1.99. The smallest absolute Gasteiger partial charge is 0.232 e. The first kappa shape index (κ1) is 16.8. The summed E-state index contributed by atoms with van der Waals surface area (Å²) in [6.07, 6.45) is 1.53. The number of aryl methyl sites for hydroxylation is 1. The Bertz CT molecular complexity index is 550. The van der Waals surface area contributed by atoms with Crippen molar-refractivity contribution in [1.29, 1.82) is 0 Å². The van der Waals surface area contributed by atoms with E-state index in [9.17, 15) is 8.42 Å². The molecule has 0 aliphatic rings. The van der Waals surface area contributed by atoms with Crippen molar-refractivity contribution >= 4 is 15.7 Å². The Hall–Kier alpha value is -1.23. The highest BCUT2D eigenvalue weighted by atomic mass is 32.2. The first-order chi connectivity index (χ1) is 9.30. The van der Waals surface area contributed by atoms with Gasteiger partial charge in [-0.1, -0.05) is 27.2 Å². The molecular weight excluding hydrogens is 274 g/mol. The van der Waals surface area contributed by atoms with E-state index in [4.69, 9.17) is 4.74 Å². The molecule has 5 heteroatoms. The number of benzene rings is 1. The zero-order valence-corrected chi connectivity index (χ0v) is 13.8. The monoisotopic (exact) mass is 299 g/mol. The second-order valence-corrected chi connectivity index (χ2v) is 7.18. The summed E-state index contributed by atoms with van der Waals surface area (Å²) in [6.45, 7) is 7.97. The van der Waals surface area contributed by atoms with Gasteiger partial charge >= 0.3 is 0 Å². The highest BCUT2D eigenvalue weighted by Crippen LogP contribution is 2.32. The highest BCUT2D eigenvalue weighted by molar-refractivity contribution is 7.92. The largest absolute Gasteiger partial charge is 0.496 e. The Kier molecular flexibility index (Phi) is 5.87. The number of ether oxygens (including phenoxy) is 1. The number of sulfonamides is 1. The van der Waals surface area contributed by atoms with Gasteiger partial charge in [-0.05, 0) is 42.5 Å². The first-order valence-corrected chi connectivity index (χ1v) is 8.65. The maximum absolute atomic E-state index is 12.0. The predicted octanol–water partition coefficient (Wildman–Crippen LogP) is 3.67. The molecular formula is C15H25NO3S. The Labute approximate surface area is 122 Å². The molecule has 0 atom stereocenters. The van der Waals surface area contributed by atoms with Gasteiger partial charge in [-0.25, -0.2) is 8.42 Å². The van der Waals surface area contributed by atoms with E-state index in [-0.39, 0.29) is 11.7 Å². The fourth-order valence-corrected chi connectivity index (χ4v) is 3.31. The number of hydrogen-bond donors (Lipinski definition) is 1. The summed E-state index contributed by atoms with van der Waals surface area (Å²) in [7, 11) is -1.64. The van der Waals surface area contributed by atoms with Gasteiger partial charge in [0.05, 0.1) is 18.6 Å². The number of hydrogen-bond acceptors (Lipinski definition) is 3. The van der Waals surface area contributed by atoms with E-state index in [0.29, 0.717) is 12.1 Å². The van der Waals surface area contributed by atoms with Gasteiger partial charge in [0.25, 0.3) is 0 Å². The zero-order valence-electron chi connectivity index (χ0n) is 13.0. The quantitative estimate of drug-likeness (QED) is 0.835. The number of methoxy groups -OCH3 is 1. The third-order valence-corrected chi connectivity index (χ3v) is 4.59. The van der Waals surface area contributed by atoms with Crippen LogP contribution < -0.4 is 9.46 Å². The van der Waals surface area contributed by atoms with Gasteiger partial charge in [0.2, 0.25) is 10.0 Å². The SMILES string of the molecule is CCCCS(=O)(=O)Nc1cc(C(C)C)c(OC)cc1C. The molecule has 0 aliphatic heterocycles. The van der Waals surface area contributed by atoms with E-state index in [1.54, 1.807) is 7.11 Å². The van der Waals surface area contributed by atoms with Gasteiger partial charge in [0.15, 0.2) is 0 Å². The molecule has 0 amide bonds. The van der Waals surface area contributed by atoms with Crippen molar-refractivity contribution in [3.05, 3.63) is 23.3 Å². The molecule has 1 aromatic carbocycles. The van der Waals surface area contributed by atoms with Crippen molar-refractivity contribution in [3.63, 3.8) is 0 Å². The molecule has 20 heavy (non-hydrogen) atoms. The summed E-state index contributed by atoms with van der Waals surface area (Å²) in [5.74, 6) is 1.23. The lowest BCUT2D eigenvalue weighted by Crippen LogP contribution is -2.17. The molecule has 0 saturated carbocycles. The van der Waals surface area contributed by atoms with Crippen LogP contribution in [0.2, 0.25) is 0 Å². The van der Waals surface area contributed by atoms with E-state index in [0.717, 1.165) is 23.3 Å². The molecule has 1 N–H and O–H groups in total. The third kappa shape index (κ3) is 4.40. The van der Waals surface area contributed by atoms with Crippen LogP contribution in [-0.2, 0) is 10.0 Å². The number of nitrogens with one attached hydrogen (secondary N) is 1. The van der Waals surface area contributed by atoms with Crippen LogP contribution in [-0.4, -0.2) is 21.3 Å². The topological polar surface area (TPSA) is 55.4 Å². The van der Waals surface area contributed by atoms with Gasteiger partial charge in [0.1, 0.15) is 5.75 Å². The molecule has 0 aromatic heterocycles. The second-order valence-electron chi connectivity index (χ2n) is 5.34. The van der Waals surface area contributed by atoms with Crippen LogP contribution >= 0.6 is 0 Å². The minimum atomic E-state index is -3.27. The lowest BCUT2D eigenvalue weighted by atomic mass is 9.99. The Balaban J connectivity index is 3.10. The average molecular weight is 299 g/mol. The first-order valence-electron chi connectivity index (χ1n) is 6.99. The van der Waals surface area contributed by atoms with E-state index in [1.165, 1.54) is 0 Å². The molecule has 1 aromatic rings. The summed E-state index contributed by atoms with van der Waals surface area (Å²) >= 11 is 0. The molecule has 0 aliphatic carbocycles. The van der Waals surface area contributed by atoms with Crippen molar-refractivity contribution < 1.29 is 13.2 Å². The van der Waals surface area contributed by atoms with Crippen molar-refractivity contribution in [2.45, 2.75) is 46.5 Å². The van der Waals surface area contributed by atoms with E-state index < -0.39 is 10.0 Å².